The van der Waals surface area contributed by atoms with Crippen molar-refractivity contribution in [2.24, 2.45) is 0 Å². The molecule has 0 radical (unpaired) electrons. The van der Waals surface area contributed by atoms with Crippen LogP contribution in [0, 0.1) is 0 Å². The Balaban J connectivity index is 2.45. The number of rotatable bonds is 5. The number of nitrogens with zero attached hydrogens (tertiary/aromatic N) is 2. The minimum atomic E-state index is -1.62. The minimum Gasteiger partial charge on any atom is -0.444 e. The second kappa shape index (κ2) is 10.3. The molecular weight excluding hydrogens is 438 g/mol. The fourth-order valence-corrected chi connectivity index (χ4v) is 3.61. The number of piperazine rings is 1. The highest BCUT2D eigenvalue weighted by atomic mass is 16.6. The Labute approximate surface area is 201 Å². The van der Waals surface area contributed by atoms with E-state index in [2.05, 4.69) is 11.9 Å². The number of imide groups is 1. The van der Waals surface area contributed by atoms with Crippen LogP contribution in [0.5, 0.6) is 0 Å². The van der Waals surface area contributed by atoms with Gasteiger partial charge in [-0.2, -0.15) is 0 Å². The first-order valence-electron chi connectivity index (χ1n) is 11.2. The maximum absolute atomic E-state index is 13.8. The molecule has 0 aromatic heterocycles. The zero-order chi connectivity index (χ0) is 25.7. The van der Waals surface area contributed by atoms with E-state index in [0.29, 0.717) is 5.56 Å². The SMILES string of the molecule is C=CC[C@@]1(CNC(=O)OC(C)(C)C)C(=O)N(C(=O)c2ccccc2)CCN1C(=O)OC(C)(C)C. The van der Waals surface area contributed by atoms with Gasteiger partial charge in [0.2, 0.25) is 0 Å². The first-order valence-corrected chi connectivity index (χ1v) is 11.2. The summed E-state index contributed by atoms with van der Waals surface area (Å²) in [7, 11) is 0. The van der Waals surface area contributed by atoms with Gasteiger partial charge in [0.05, 0.1) is 6.54 Å². The fraction of sp³-hybridized carbons (Fsp3) is 0.520. The summed E-state index contributed by atoms with van der Waals surface area (Å²) < 4.78 is 10.9. The van der Waals surface area contributed by atoms with Crippen molar-refractivity contribution in [1.82, 2.24) is 15.1 Å². The number of hydrogen-bond donors (Lipinski definition) is 1. The second-order valence-electron chi connectivity index (χ2n) is 10.1. The summed E-state index contributed by atoms with van der Waals surface area (Å²) >= 11 is 0. The van der Waals surface area contributed by atoms with Crippen molar-refractivity contribution in [2.75, 3.05) is 19.6 Å². The molecule has 0 bridgehead atoms. The van der Waals surface area contributed by atoms with Gasteiger partial charge in [-0.25, -0.2) is 9.59 Å². The molecule has 1 aromatic carbocycles. The molecule has 0 spiro atoms. The second-order valence-corrected chi connectivity index (χ2v) is 10.1. The maximum atomic E-state index is 13.8. The molecule has 1 fully saturated rings. The van der Waals surface area contributed by atoms with E-state index < -0.39 is 40.7 Å². The molecule has 34 heavy (non-hydrogen) atoms. The molecule has 1 aliphatic rings. The van der Waals surface area contributed by atoms with Crippen LogP contribution in [-0.2, 0) is 14.3 Å². The van der Waals surface area contributed by atoms with E-state index in [1.807, 2.05) is 0 Å². The van der Waals surface area contributed by atoms with Gasteiger partial charge >= 0.3 is 12.2 Å². The zero-order valence-corrected chi connectivity index (χ0v) is 20.8. The Bertz CT molecular complexity index is 932. The van der Waals surface area contributed by atoms with Crippen molar-refractivity contribution in [3.05, 3.63) is 48.6 Å². The van der Waals surface area contributed by atoms with E-state index >= 15 is 0 Å². The molecule has 9 nitrogen and oxygen atoms in total. The number of benzene rings is 1. The van der Waals surface area contributed by atoms with Gasteiger partial charge in [0.1, 0.15) is 16.7 Å². The van der Waals surface area contributed by atoms with Crippen LogP contribution in [0.4, 0.5) is 9.59 Å². The molecule has 0 aliphatic carbocycles. The fourth-order valence-electron chi connectivity index (χ4n) is 3.61. The Morgan fingerprint density at radius 1 is 1.03 bits per heavy atom. The summed E-state index contributed by atoms with van der Waals surface area (Å²) in [5.74, 6) is -1.12. The molecule has 0 unspecified atom stereocenters. The van der Waals surface area contributed by atoms with Crippen LogP contribution < -0.4 is 5.32 Å². The standard InChI is InChI=1S/C25H35N3O6/c1-8-14-25(17-26-21(31)33-23(2,3)4)20(30)27(19(29)18-12-10-9-11-13-18)15-16-28(25)22(32)34-24(5,6)7/h8-13H,1,14-17H2,2-7H3,(H,26,31)/t25-/m1/s1. The first-order chi connectivity index (χ1) is 15.7. The summed E-state index contributed by atoms with van der Waals surface area (Å²) in [5, 5.41) is 2.59. The van der Waals surface area contributed by atoms with Gasteiger partial charge in [-0.05, 0) is 60.1 Å². The smallest absolute Gasteiger partial charge is 0.411 e. The predicted molar refractivity (Wildman–Crippen MR) is 127 cm³/mol. The van der Waals surface area contributed by atoms with E-state index in [1.165, 1.54) is 11.0 Å². The minimum absolute atomic E-state index is 0.0144. The van der Waals surface area contributed by atoms with E-state index in [9.17, 15) is 19.2 Å². The van der Waals surface area contributed by atoms with Gasteiger partial charge in [0.25, 0.3) is 11.8 Å². The molecule has 1 atom stereocenters. The number of carbonyl (C=O) groups is 4. The molecule has 1 aliphatic heterocycles. The zero-order valence-electron chi connectivity index (χ0n) is 20.8. The van der Waals surface area contributed by atoms with Crippen LogP contribution >= 0.6 is 0 Å². The monoisotopic (exact) mass is 473 g/mol. The lowest BCUT2D eigenvalue weighted by Crippen LogP contribution is -2.71. The molecular formula is C25H35N3O6. The molecule has 1 saturated heterocycles. The Morgan fingerprint density at radius 3 is 2.15 bits per heavy atom. The van der Waals surface area contributed by atoms with Crippen molar-refractivity contribution < 1.29 is 28.7 Å². The molecule has 186 valence electrons. The summed E-state index contributed by atoms with van der Waals surface area (Å²) in [6, 6.07) is 8.41. The summed E-state index contributed by atoms with van der Waals surface area (Å²) in [4.78, 5) is 54.9. The number of carbonyl (C=O) groups excluding carboxylic acids is 4. The van der Waals surface area contributed by atoms with E-state index in [0.717, 1.165) is 4.90 Å². The molecule has 9 heteroatoms. The topological polar surface area (TPSA) is 105 Å². The van der Waals surface area contributed by atoms with Crippen molar-refractivity contribution in [3.8, 4) is 0 Å². The average molecular weight is 474 g/mol. The van der Waals surface area contributed by atoms with Crippen LogP contribution in [0.1, 0.15) is 58.3 Å². The van der Waals surface area contributed by atoms with Gasteiger partial charge < -0.3 is 14.8 Å². The first kappa shape index (κ1) is 26.9. The quantitative estimate of drug-likeness (QED) is 0.516. The largest absolute Gasteiger partial charge is 0.444 e. The molecule has 0 saturated carbocycles. The number of hydrogen-bond acceptors (Lipinski definition) is 6. The van der Waals surface area contributed by atoms with Crippen LogP contribution in [0.15, 0.2) is 43.0 Å². The predicted octanol–water partition coefficient (Wildman–Crippen LogP) is 3.75. The normalized spacial score (nSPS) is 18.8. The number of amides is 4. The van der Waals surface area contributed by atoms with Gasteiger partial charge in [-0.1, -0.05) is 24.3 Å². The molecule has 1 heterocycles. The van der Waals surface area contributed by atoms with E-state index in [4.69, 9.17) is 9.47 Å². The van der Waals surface area contributed by atoms with Gasteiger partial charge in [-0.3, -0.25) is 19.4 Å². The lowest BCUT2D eigenvalue weighted by molar-refractivity contribution is -0.146. The highest BCUT2D eigenvalue weighted by Crippen LogP contribution is 2.30. The molecule has 2 rings (SSSR count). The number of nitrogens with one attached hydrogen (secondary N) is 1. The Kier molecular flexibility index (Phi) is 8.13. The lowest BCUT2D eigenvalue weighted by Gasteiger charge is -2.48. The summed E-state index contributed by atoms with van der Waals surface area (Å²) in [6.07, 6.45) is -0.0120. The third kappa shape index (κ3) is 6.59. The highest BCUT2D eigenvalue weighted by molar-refractivity contribution is 6.09. The van der Waals surface area contributed by atoms with Gasteiger partial charge in [0, 0.05) is 18.7 Å². The summed E-state index contributed by atoms with van der Waals surface area (Å²) in [6.45, 7) is 13.8. The van der Waals surface area contributed by atoms with Crippen molar-refractivity contribution in [3.63, 3.8) is 0 Å². The maximum Gasteiger partial charge on any atom is 0.411 e. The number of alkyl carbamates (subject to hydrolysis) is 1. The molecule has 1 N–H and O–H groups in total. The highest BCUT2D eigenvalue weighted by Gasteiger charge is 2.53. The van der Waals surface area contributed by atoms with Crippen LogP contribution in [0.2, 0.25) is 0 Å². The van der Waals surface area contributed by atoms with Gasteiger partial charge in [0.15, 0.2) is 0 Å². The third-order valence-corrected chi connectivity index (χ3v) is 4.99. The van der Waals surface area contributed by atoms with E-state index in [1.54, 1.807) is 71.9 Å². The molecule has 1 aromatic rings. The van der Waals surface area contributed by atoms with Gasteiger partial charge in [-0.15, -0.1) is 6.58 Å². The molecule has 4 amide bonds. The van der Waals surface area contributed by atoms with Crippen LogP contribution in [0.25, 0.3) is 0 Å². The Hall–Kier alpha value is -3.36. The Morgan fingerprint density at radius 2 is 1.62 bits per heavy atom. The lowest BCUT2D eigenvalue weighted by atomic mass is 9.88. The van der Waals surface area contributed by atoms with E-state index in [-0.39, 0.29) is 26.1 Å². The van der Waals surface area contributed by atoms with Crippen molar-refractivity contribution in [2.45, 2.75) is 64.7 Å². The third-order valence-electron chi connectivity index (χ3n) is 4.99. The average Bonchev–Trinajstić information content (AvgIpc) is 2.71. The van der Waals surface area contributed by atoms with Crippen molar-refractivity contribution in [1.29, 1.82) is 0 Å². The summed E-state index contributed by atoms with van der Waals surface area (Å²) in [5.41, 5.74) is -2.85. The van der Waals surface area contributed by atoms with Crippen LogP contribution in [-0.4, -0.2) is 70.2 Å². The van der Waals surface area contributed by atoms with Crippen LogP contribution in [0.3, 0.4) is 0 Å². The number of ether oxygens (including phenoxy) is 2. The van der Waals surface area contributed by atoms with Crippen molar-refractivity contribution >= 4 is 24.0 Å².